The molecule has 0 bridgehead atoms. The number of benzene rings is 2. The van der Waals surface area contributed by atoms with E-state index in [2.05, 4.69) is 11.5 Å². The molecule has 1 amide bonds. The van der Waals surface area contributed by atoms with Crippen LogP contribution in [0.5, 0.6) is 5.75 Å². The van der Waals surface area contributed by atoms with E-state index in [1.54, 1.807) is 41.3 Å². The van der Waals surface area contributed by atoms with E-state index in [1.165, 1.54) is 0 Å². The molecule has 0 unspecified atom stereocenters. The Balaban J connectivity index is 1.73. The molecule has 2 aromatic carbocycles. The zero-order valence-corrected chi connectivity index (χ0v) is 18.5. The van der Waals surface area contributed by atoms with Crippen LogP contribution < -0.4 is 4.74 Å². The molecule has 1 atom stereocenters. The molecule has 1 N–H and O–H groups in total. The van der Waals surface area contributed by atoms with E-state index in [0.717, 1.165) is 13.1 Å². The van der Waals surface area contributed by atoms with Crippen molar-refractivity contribution in [3.05, 3.63) is 84.0 Å². The van der Waals surface area contributed by atoms with Gasteiger partial charge in [-0.3, -0.25) is 14.5 Å². The maximum Gasteiger partial charge on any atom is 0.295 e. The third-order valence-electron chi connectivity index (χ3n) is 5.89. The number of hydrogen-bond acceptors (Lipinski definition) is 6. The van der Waals surface area contributed by atoms with E-state index in [4.69, 9.17) is 9.47 Å². The molecule has 0 saturated carbocycles. The molecule has 0 aliphatic carbocycles. The Kier molecular flexibility index (Phi) is 7.22. The molecule has 2 aliphatic heterocycles. The van der Waals surface area contributed by atoms with E-state index in [0.29, 0.717) is 49.8 Å². The summed E-state index contributed by atoms with van der Waals surface area (Å²) in [5.41, 5.74) is 1.29. The van der Waals surface area contributed by atoms with Gasteiger partial charge < -0.3 is 19.5 Å². The van der Waals surface area contributed by atoms with Crippen LogP contribution in [0.1, 0.15) is 17.2 Å². The molecule has 2 heterocycles. The maximum atomic E-state index is 13.1. The topological polar surface area (TPSA) is 79.3 Å². The first-order chi connectivity index (χ1) is 16.1. The number of carbonyl (C=O) groups is 2. The van der Waals surface area contributed by atoms with Gasteiger partial charge in [-0.2, -0.15) is 0 Å². The number of aliphatic hydroxyl groups is 1. The average Bonchev–Trinajstić information content (AvgIpc) is 3.12. The van der Waals surface area contributed by atoms with Crippen LogP contribution >= 0.6 is 0 Å². The van der Waals surface area contributed by atoms with Crippen molar-refractivity contribution in [2.45, 2.75) is 6.04 Å². The van der Waals surface area contributed by atoms with Gasteiger partial charge in [0.25, 0.3) is 11.7 Å². The van der Waals surface area contributed by atoms with Gasteiger partial charge in [0, 0.05) is 31.7 Å². The van der Waals surface area contributed by atoms with Crippen molar-refractivity contribution in [3.63, 3.8) is 0 Å². The molecule has 0 aromatic heterocycles. The van der Waals surface area contributed by atoms with Crippen LogP contribution in [0.25, 0.3) is 5.76 Å². The number of aliphatic hydroxyl groups excluding tert-OH is 1. The lowest BCUT2D eigenvalue weighted by atomic mass is 9.95. The Hall–Kier alpha value is -3.42. The maximum absolute atomic E-state index is 13.1. The summed E-state index contributed by atoms with van der Waals surface area (Å²) in [6.45, 7) is 7.85. The number of nitrogens with zero attached hydrogens (tertiary/aromatic N) is 2. The minimum Gasteiger partial charge on any atom is -0.507 e. The summed E-state index contributed by atoms with van der Waals surface area (Å²) in [6.07, 6.45) is 1.65. The van der Waals surface area contributed by atoms with Crippen molar-refractivity contribution < 1.29 is 24.2 Å². The van der Waals surface area contributed by atoms with Gasteiger partial charge in [0.1, 0.15) is 18.1 Å². The van der Waals surface area contributed by atoms with Crippen LogP contribution in [-0.4, -0.2) is 72.6 Å². The Bertz CT molecular complexity index is 1040. The predicted octanol–water partition coefficient (Wildman–Crippen LogP) is 3.01. The fourth-order valence-electron chi connectivity index (χ4n) is 4.21. The molecule has 2 saturated heterocycles. The molecule has 0 spiro atoms. The monoisotopic (exact) mass is 448 g/mol. The second-order valence-electron chi connectivity index (χ2n) is 7.98. The molecule has 2 aliphatic rings. The van der Waals surface area contributed by atoms with Gasteiger partial charge in [0.2, 0.25) is 0 Å². The zero-order valence-electron chi connectivity index (χ0n) is 18.5. The summed E-state index contributed by atoms with van der Waals surface area (Å²) < 4.78 is 11.1. The number of Topliss-reactive ketones (excluding diaryl/α,β-unsaturated/α-hetero) is 1. The highest BCUT2D eigenvalue weighted by molar-refractivity contribution is 6.46. The SMILES string of the molecule is C=CCOc1cccc([C@@H]2C(=C(O)c3ccccc3)C(=O)C(=O)N2CCN2CCOCC2)c1. The van der Waals surface area contributed by atoms with Crippen molar-refractivity contribution in [2.24, 2.45) is 0 Å². The van der Waals surface area contributed by atoms with Gasteiger partial charge in [-0.15, -0.1) is 0 Å². The van der Waals surface area contributed by atoms with Crippen molar-refractivity contribution in [2.75, 3.05) is 46.0 Å². The molecular weight excluding hydrogens is 420 g/mol. The molecule has 7 heteroatoms. The molecule has 172 valence electrons. The fraction of sp³-hybridized carbons (Fsp3) is 0.308. The van der Waals surface area contributed by atoms with Gasteiger partial charge >= 0.3 is 0 Å². The molecule has 4 rings (SSSR count). The third kappa shape index (κ3) is 4.99. The van der Waals surface area contributed by atoms with Gasteiger partial charge in [-0.25, -0.2) is 0 Å². The molecule has 33 heavy (non-hydrogen) atoms. The highest BCUT2D eigenvalue weighted by Crippen LogP contribution is 2.40. The van der Waals surface area contributed by atoms with Crippen LogP contribution in [0.2, 0.25) is 0 Å². The minimum atomic E-state index is -0.710. The predicted molar refractivity (Wildman–Crippen MR) is 125 cm³/mol. The van der Waals surface area contributed by atoms with Crippen LogP contribution in [-0.2, 0) is 14.3 Å². The zero-order chi connectivity index (χ0) is 23.2. The van der Waals surface area contributed by atoms with Crippen molar-refractivity contribution in [3.8, 4) is 5.75 Å². The highest BCUT2D eigenvalue weighted by atomic mass is 16.5. The minimum absolute atomic E-state index is 0.0917. The number of likely N-dealkylation sites (tertiary alicyclic amines) is 1. The van der Waals surface area contributed by atoms with E-state index in [-0.39, 0.29) is 11.3 Å². The average molecular weight is 449 g/mol. The molecule has 2 fully saturated rings. The largest absolute Gasteiger partial charge is 0.507 e. The number of carbonyl (C=O) groups excluding carboxylic acids is 2. The molecular formula is C26H28N2O5. The summed E-state index contributed by atoms with van der Waals surface area (Å²) in [5, 5.41) is 11.1. The summed E-state index contributed by atoms with van der Waals surface area (Å²) in [4.78, 5) is 30.0. The van der Waals surface area contributed by atoms with Crippen molar-refractivity contribution in [1.82, 2.24) is 9.80 Å². The Morgan fingerprint density at radius 2 is 1.85 bits per heavy atom. The van der Waals surface area contributed by atoms with E-state index in [9.17, 15) is 14.7 Å². The first kappa shape index (κ1) is 22.8. The number of ketones is 1. The second kappa shape index (κ2) is 10.5. The molecule has 0 radical (unpaired) electrons. The van der Waals surface area contributed by atoms with Gasteiger partial charge in [-0.1, -0.05) is 55.1 Å². The Morgan fingerprint density at radius 1 is 1.09 bits per heavy atom. The number of rotatable bonds is 8. The van der Waals surface area contributed by atoms with Crippen molar-refractivity contribution in [1.29, 1.82) is 0 Å². The van der Waals surface area contributed by atoms with E-state index < -0.39 is 17.7 Å². The van der Waals surface area contributed by atoms with Crippen LogP contribution in [0.4, 0.5) is 0 Å². The molecule has 7 nitrogen and oxygen atoms in total. The quantitative estimate of drug-likeness (QED) is 0.290. The summed E-state index contributed by atoms with van der Waals surface area (Å²) >= 11 is 0. The Morgan fingerprint density at radius 3 is 2.58 bits per heavy atom. The number of morpholine rings is 1. The van der Waals surface area contributed by atoms with Crippen LogP contribution in [0.15, 0.2) is 72.8 Å². The van der Waals surface area contributed by atoms with Gasteiger partial charge in [0.05, 0.1) is 24.8 Å². The van der Waals surface area contributed by atoms with Crippen molar-refractivity contribution >= 4 is 17.4 Å². The smallest absolute Gasteiger partial charge is 0.295 e. The third-order valence-corrected chi connectivity index (χ3v) is 5.89. The lowest BCUT2D eigenvalue weighted by Crippen LogP contribution is -2.42. The lowest BCUT2D eigenvalue weighted by Gasteiger charge is -2.31. The van der Waals surface area contributed by atoms with Crippen LogP contribution in [0.3, 0.4) is 0 Å². The summed E-state index contributed by atoms with van der Waals surface area (Å²) in [5.74, 6) is -0.861. The second-order valence-corrected chi connectivity index (χ2v) is 7.98. The van der Waals surface area contributed by atoms with E-state index in [1.807, 2.05) is 24.3 Å². The van der Waals surface area contributed by atoms with E-state index >= 15 is 0 Å². The van der Waals surface area contributed by atoms with Gasteiger partial charge in [-0.05, 0) is 17.7 Å². The lowest BCUT2D eigenvalue weighted by molar-refractivity contribution is -0.140. The first-order valence-corrected chi connectivity index (χ1v) is 11.1. The number of ether oxygens (including phenoxy) is 2. The Labute approximate surface area is 193 Å². The summed E-state index contributed by atoms with van der Waals surface area (Å²) in [7, 11) is 0. The standard InChI is InChI=1S/C26H28N2O5/c1-2-15-33-21-10-6-9-20(18-21)23-22(24(29)19-7-4-3-5-8-19)25(30)26(31)28(23)12-11-27-13-16-32-17-14-27/h2-10,18,23,29H,1,11-17H2/t23-/m1/s1. The molecule has 2 aromatic rings. The fourth-order valence-corrected chi connectivity index (χ4v) is 4.21. The van der Waals surface area contributed by atoms with Crippen LogP contribution in [0, 0.1) is 0 Å². The summed E-state index contributed by atoms with van der Waals surface area (Å²) in [6, 6.07) is 15.4. The first-order valence-electron chi connectivity index (χ1n) is 11.1. The highest BCUT2D eigenvalue weighted by Gasteiger charge is 2.46. The normalized spacial score (nSPS) is 20.7. The van der Waals surface area contributed by atoms with Gasteiger partial charge in [0.15, 0.2) is 0 Å². The number of amides is 1. The number of hydrogen-bond donors (Lipinski definition) is 1.